The van der Waals surface area contributed by atoms with Crippen molar-refractivity contribution in [3.8, 4) is 0 Å². The molecule has 0 aliphatic heterocycles. The van der Waals surface area contributed by atoms with Gasteiger partial charge in [-0.05, 0) is 41.7 Å². The Labute approximate surface area is 201 Å². The molecule has 0 aliphatic carbocycles. The van der Waals surface area contributed by atoms with Crippen molar-refractivity contribution in [2.75, 3.05) is 5.32 Å². The smallest absolute Gasteiger partial charge is 0.270 e. The van der Waals surface area contributed by atoms with Crippen LogP contribution in [0.15, 0.2) is 46.8 Å². The van der Waals surface area contributed by atoms with Crippen LogP contribution in [0.2, 0.25) is 10.0 Å². The van der Waals surface area contributed by atoms with Crippen molar-refractivity contribution in [2.45, 2.75) is 43.5 Å². The predicted molar refractivity (Wildman–Crippen MR) is 128 cm³/mol. The van der Waals surface area contributed by atoms with Gasteiger partial charge < -0.3 is 0 Å². The number of hydrogen-bond acceptors (Lipinski definition) is 6. The van der Waals surface area contributed by atoms with Crippen molar-refractivity contribution in [2.24, 2.45) is 0 Å². The molecule has 0 radical (unpaired) electrons. The standard InChI is InChI=1S/C21H22Cl2N4O3S2/c1-12(13-5-7-14(8-6-13)21(2,3)4)27-32(29,30)20-26-25-19(31-20)24-18(28)16-10-9-15(22)11-17(16)23/h5-12,27H,1-4H3,(H,24,25,28)/t12-/m0/s1. The SMILES string of the molecule is C[C@H](NS(=O)(=O)c1nnc(NC(=O)c2ccc(Cl)cc2Cl)s1)c1ccc(C(C)(C)C)cc1. The summed E-state index contributed by atoms with van der Waals surface area (Å²) < 4.78 is 27.8. The van der Waals surface area contributed by atoms with E-state index < -0.39 is 22.0 Å². The van der Waals surface area contributed by atoms with E-state index in [-0.39, 0.29) is 25.5 Å². The highest BCUT2D eigenvalue weighted by Crippen LogP contribution is 2.27. The molecule has 1 atom stereocenters. The second-order valence-corrected chi connectivity index (χ2v) is 11.9. The number of amides is 1. The first-order valence-electron chi connectivity index (χ1n) is 9.59. The van der Waals surface area contributed by atoms with Gasteiger partial charge in [-0.3, -0.25) is 10.1 Å². The van der Waals surface area contributed by atoms with Crippen LogP contribution in [-0.2, 0) is 15.4 Å². The average molecular weight is 513 g/mol. The van der Waals surface area contributed by atoms with E-state index in [2.05, 4.69) is 41.0 Å². The number of aromatic nitrogens is 2. The summed E-state index contributed by atoms with van der Waals surface area (Å²) in [7, 11) is -3.94. The lowest BCUT2D eigenvalue weighted by Gasteiger charge is -2.20. The summed E-state index contributed by atoms with van der Waals surface area (Å²) in [6, 6.07) is 11.7. The maximum atomic E-state index is 12.8. The van der Waals surface area contributed by atoms with Crippen LogP contribution in [-0.4, -0.2) is 24.5 Å². The molecule has 3 aromatic rings. The van der Waals surface area contributed by atoms with Crippen LogP contribution >= 0.6 is 34.5 Å². The molecule has 32 heavy (non-hydrogen) atoms. The van der Waals surface area contributed by atoms with Crippen molar-refractivity contribution >= 4 is 55.6 Å². The maximum absolute atomic E-state index is 12.8. The molecule has 0 bridgehead atoms. The van der Waals surface area contributed by atoms with Crippen LogP contribution in [0.1, 0.15) is 55.2 Å². The van der Waals surface area contributed by atoms with Crippen LogP contribution < -0.4 is 10.0 Å². The largest absolute Gasteiger partial charge is 0.296 e. The van der Waals surface area contributed by atoms with E-state index in [1.54, 1.807) is 6.92 Å². The van der Waals surface area contributed by atoms with E-state index in [4.69, 9.17) is 23.2 Å². The van der Waals surface area contributed by atoms with E-state index in [9.17, 15) is 13.2 Å². The molecular formula is C21H22Cl2N4O3S2. The summed E-state index contributed by atoms with van der Waals surface area (Å²) in [5.74, 6) is -0.549. The Hall–Kier alpha value is -2.04. The fourth-order valence-electron chi connectivity index (χ4n) is 2.83. The minimum atomic E-state index is -3.94. The average Bonchev–Trinajstić information content (AvgIpc) is 3.16. The number of rotatable bonds is 6. The van der Waals surface area contributed by atoms with Crippen molar-refractivity contribution in [3.05, 3.63) is 69.2 Å². The van der Waals surface area contributed by atoms with Gasteiger partial charge in [-0.15, -0.1) is 10.2 Å². The van der Waals surface area contributed by atoms with Crippen molar-refractivity contribution in [1.82, 2.24) is 14.9 Å². The maximum Gasteiger partial charge on any atom is 0.270 e. The van der Waals surface area contributed by atoms with E-state index >= 15 is 0 Å². The molecule has 0 fully saturated rings. The van der Waals surface area contributed by atoms with E-state index in [1.165, 1.54) is 18.2 Å². The van der Waals surface area contributed by atoms with Crippen LogP contribution in [0.4, 0.5) is 5.13 Å². The second kappa shape index (κ2) is 9.44. The third kappa shape index (κ3) is 5.85. The monoisotopic (exact) mass is 512 g/mol. The molecule has 2 N–H and O–H groups in total. The molecule has 1 aromatic heterocycles. The van der Waals surface area contributed by atoms with Crippen LogP contribution in [0.3, 0.4) is 0 Å². The summed E-state index contributed by atoms with van der Waals surface area (Å²) in [4.78, 5) is 12.4. The highest BCUT2D eigenvalue weighted by molar-refractivity contribution is 7.91. The van der Waals surface area contributed by atoms with Crippen LogP contribution in [0.25, 0.3) is 0 Å². The molecule has 170 valence electrons. The number of benzene rings is 2. The number of carbonyl (C=O) groups excluding carboxylic acids is 1. The van der Waals surface area contributed by atoms with Crippen LogP contribution in [0, 0.1) is 0 Å². The normalized spacial score (nSPS) is 13.1. The highest BCUT2D eigenvalue weighted by Gasteiger charge is 2.24. The van der Waals surface area contributed by atoms with E-state index in [1.807, 2.05) is 24.3 Å². The van der Waals surface area contributed by atoms with Gasteiger partial charge in [0.1, 0.15) is 0 Å². The Balaban J connectivity index is 1.71. The molecule has 1 heterocycles. The molecule has 0 saturated carbocycles. The van der Waals surface area contributed by atoms with Gasteiger partial charge in [0.25, 0.3) is 15.9 Å². The number of anilines is 1. The number of sulfonamides is 1. The molecule has 0 saturated heterocycles. The summed E-state index contributed by atoms with van der Waals surface area (Å²) >= 11 is 12.6. The molecule has 1 amide bonds. The molecule has 2 aromatic carbocycles. The third-order valence-corrected chi connectivity index (χ3v) is 7.94. The number of hydrogen-bond donors (Lipinski definition) is 2. The summed E-state index contributed by atoms with van der Waals surface area (Å²) in [5, 5.41) is 10.6. The first kappa shape index (κ1) is 24.6. The van der Waals surface area contributed by atoms with E-state index in [0.717, 1.165) is 22.5 Å². The number of halogens is 2. The summed E-state index contributed by atoms with van der Waals surface area (Å²) in [5.41, 5.74) is 2.16. The Morgan fingerprint density at radius 2 is 1.72 bits per heavy atom. The highest BCUT2D eigenvalue weighted by atomic mass is 35.5. The van der Waals surface area contributed by atoms with Gasteiger partial charge >= 0.3 is 0 Å². The molecule has 0 aliphatic rings. The predicted octanol–water partition coefficient (Wildman–Crippen LogP) is 5.43. The zero-order valence-electron chi connectivity index (χ0n) is 17.8. The fraction of sp³-hybridized carbons (Fsp3) is 0.286. The van der Waals surface area contributed by atoms with Gasteiger partial charge in [-0.25, -0.2) is 13.1 Å². The minimum absolute atomic E-state index is 0.00487. The van der Waals surface area contributed by atoms with Crippen molar-refractivity contribution in [1.29, 1.82) is 0 Å². The molecule has 3 rings (SSSR count). The van der Waals surface area contributed by atoms with Crippen LogP contribution in [0.5, 0.6) is 0 Å². The molecule has 0 unspecified atom stereocenters. The molecule has 0 spiro atoms. The molecule has 7 nitrogen and oxygen atoms in total. The van der Waals surface area contributed by atoms with Gasteiger partial charge in [0.05, 0.1) is 10.6 Å². The molecular weight excluding hydrogens is 491 g/mol. The zero-order chi connectivity index (χ0) is 23.7. The second-order valence-electron chi connectivity index (χ2n) is 8.17. The quantitative estimate of drug-likeness (QED) is 0.428. The van der Waals surface area contributed by atoms with Gasteiger partial charge in [0.2, 0.25) is 9.47 Å². The van der Waals surface area contributed by atoms with Crippen molar-refractivity contribution < 1.29 is 13.2 Å². The first-order chi connectivity index (χ1) is 14.9. The topological polar surface area (TPSA) is 101 Å². The number of carbonyl (C=O) groups is 1. The Kier molecular flexibility index (Phi) is 7.26. The van der Waals surface area contributed by atoms with Gasteiger partial charge in [0.15, 0.2) is 0 Å². The van der Waals surface area contributed by atoms with Crippen molar-refractivity contribution in [3.63, 3.8) is 0 Å². The lowest BCUT2D eigenvalue weighted by atomic mass is 9.86. The van der Waals surface area contributed by atoms with Gasteiger partial charge in [-0.2, -0.15) is 0 Å². The first-order valence-corrected chi connectivity index (χ1v) is 12.6. The minimum Gasteiger partial charge on any atom is -0.296 e. The Morgan fingerprint density at radius 1 is 1.06 bits per heavy atom. The lowest BCUT2D eigenvalue weighted by Crippen LogP contribution is -2.27. The Bertz CT molecular complexity index is 1240. The number of nitrogens with one attached hydrogen (secondary N) is 2. The fourth-order valence-corrected chi connectivity index (χ4v) is 5.47. The summed E-state index contributed by atoms with van der Waals surface area (Å²) in [6.45, 7) is 8.08. The summed E-state index contributed by atoms with van der Waals surface area (Å²) in [6.07, 6.45) is 0. The lowest BCUT2D eigenvalue weighted by molar-refractivity contribution is 0.102. The molecule has 11 heteroatoms. The van der Waals surface area contributed by atoms with Gasteiger partial charge in [0, 0.05) is 11.1 Å². The Morgan fingerprint density at radius 3 is 2.31 bits per heavy atom. The third-order valence-electron chi connectivity index (χ3n) is 4.64. The zero-order valence-corrected chi connectivity index (χ0v) is 21.0. The van der Waals surface area contributed by atoms with Gasteiger partial charge in [-0.1, -0.05) is 79.6 Å². The number of nitrogens with zero attached hydrogens (tertiary/aromatic N) is 2. The van der Waals surface area contributed by atoms with E-state index in [0.29, 0.717) is 5.02 Å².